The standard InChI is InChI=1S/C7H13O3P/c1-4-7-10-11(8,6-3)9-5-2/h4,6H,1,3,5,7H2,2H3. The Hall–Kier alpha value is -0.370. The lowest BCUT2D eigenvalue weighted by molar-refractivity contribution is 0.237. The van der Waals surface area contributed by atoms with Crippen LogP contribution in [0.2, 0.25) is 0 Å². The van der Waals surface area contributed by atoms with Crippen LogP contribution in [0.25, 0.3) is 0 Å². The largest absolute Gasteiger partial charge is 0.353 e. The molecule has 0 radical (unpaired) electrons. The zero-order valence-electron chi connectivity index (χ0n) is 6.66. The van der Waals surface area contributed by atoms with Crippen LogP contribution in [0.15, 0.2) is 25.1 Å². The molecule has 0 aliphatic heterocycles. The second-order valence-electron chi connectivity index (χ2n) is 1.72. The fourth-order valence-electron chi connectivity index (χ4n) is 0.479. The number of hydrogen-bond acceptors (Lipinski definition) is 3. The van der Waals surface area contributed by atoms with E-state index in [0.29, 0.717) is 6.61 Å². The van der Waals surface area contributed by atoms with Crippen molar-refractivity contribution < 1.29 is 13.6 Å². The van der Waals surface area contributed by atoms with E-state index in [4.69, 9.17) is 9.05 Å². The summed E-state index contributed by atoms with van der Waals surface area (Å²) < 4.78 is 21.0. The first-order valence-corrected chi connectivity index (χ1v) is 4.93. The maximum Gasteiger partial charge on any atom is 0.353 e. The Balaban J connectivity index is 3.98. The summed E-state index contributed by atoms with van der Waals surface area (Å²) in [5, 5.41) is 0. The number of hydrogen-bond donors (Lipinski definition) is 0. The fourth-order valence-corrected chi connectivity index (χ4v) is 1.44. The summed E-state index contributed by atoms with van der Waals surface area (Å²) in [5.74, 6) is 1.19. The first kappa shape index (κ1) is 10.6. The summed E-state index contributed by atoms with van der Waals surface area (Å²) in [7, 11) is -3.02. The summed E-state index contributed by atoms with van der Waals surface area (Å²) >= 11 is 0. The molecule has 0 fully saturated rings. The van der Waals surface area contributed by atoms with E-state index in [0.717, 1.165) is 0 Å². The van der Waals surface area contributed by atoms with Gasteiger partial charge >= 0.3 is 7.60 Å². The third-order valence-corrected chi connectivity index (χ3v) is 2.48. The normalized spacial score (nSPS) is 15.4. The lowest BCUT2D eigenvalue weighted by Gasteiger charge is -2.11. The molecule has 0 aliphatic rings. The van der Waals surface area contributed by atoms with E-state index >= 15 is 0 Å². The van der Waals surface area contributed by atoms with Gasteiger partial charge in [0, 0.05) is 5.82 Å². The summed E-state index contributed by atoms with van der Waals surface area (Å²) in [6.07, 6.45) is 1.51. The van der Waals surface area contributed by atoms with E-state index < -0.39 is 7.60 Å². The lowest BCUT2D eigenvalue weighted by Crippen LogP contribution is -1.92. The van der Waals surface area contributed by atoms with Crippen LogP contribution in [0, 0.1) is 0 Å². The highest BCUT2D eigenvalue weighted by Gasteiger charge is 2.17. The molecule has 0 saturated carbocycles. The van der Waals surface area contributed by atoms with Gasteiger partial charge in [0.25, 0.3) is 0 Å². The van der Waals surface area contributed by atoms with Gasteiger partial charge in [-0.3, -0.25) is 4.57 Å². The SMILES string of the molecule is C=CCOP(=O)(C=C)OCC. The predicted molar refractivity (Wildman–Crippen MR) is 45.6 cm³/mol. The average molecular weight is 176 g/mol. The Morgan fingerprint density at radius 2 is 2.09 bits per heavy atom. The maximum atomic E-state index is 11.3. The predicted octanol–water partition coefficient (Wildman–Crippen LogP) is 2.56. The molecule has 0 N–H and O–H groups in total. The quantitative estimate of drug-likeness (QED) is 0.460. The van der Waals surface area contributed by atoms with Gasteiger partial charge in [0.05, 0.1) is 13.2 Å². The molecule has 0 heterocycles. The van der Waals surface area contributed by atoms with E-state index in [2.05, 4.69) is 13.2 Å². The Bertz CT molecular complexity index is 177. The zero-order chi connectivity index (χ0) is 8.74. The molecular formula is C7H13O3P. The molecule has 0 aromatic rings. The van der Waals surface area contributed by atoms with Crippen molar-refractivity contribution in [2.24, 2.45) is 0 Å². The third kappa shape index (κ3) is 4.14. The highest BCUT2D eigenvalue weighted by molar-refractivity contribution is 7.57. The van der Waals surface area contributed by atoms with Crippen LogP contribution < -0.4 is 0 Å². The van der Waals surface area contributed by atoms with Crippen LogP contribution in [-0.2, 0) is 13.6 Å². The van der Waals surface area contributed by atoms with E-state index in [1.807, 2.05) is 0 Å². The van der Waals surface area contributed by atoms with Crippen LogP contribution in [0.3, 0.4) is 0 Å². The minimum absolute atomic E-state index is 0.212. The van der Waals surface area contributed by atoms with E-state index in [9.17, 15) is 4.57 Å². The van der Waals surface area contributed by atoms with E-state index in [1.54, 1.807) is 6.92 Å². The maximum absolute atomic E-state index is 11.3. The smallest absolute Gasteiger partial charge is 0.306 e. The van der Waals surface area contributed by atoms with Crippen molar-refractivity contribution >= 4 is 7.60 Å². The third-order valence-electron chi connectivity index (χ3n) is 0.905. The molecule has 0 aromatic carbocycles. The van der Waals surface area contributed by atoms with Gasteiger partial charge in [-0.2, -0.15) is 0 Å². The first-order valence-electron chi connectivity index (χ1n) is 3.32. The second-order valence-corrected chi connectivity index (χ2v) is 3.69. The topological polar surface area (TPSA) is 35.5 Å². The molecule has 0 saturated heterocycles. The van der Waals surface area contributed by atoms with E-state index in [1.165, 1.54) is 11.9 Å². The Kier molecular flexibility index (Phi) is 5.12. The van der Waals surface area contributed by atoms with Gasteiger partial charge in [0.15, 0.2) is 0 Å². The highest BCUT2D eigenvalue weighted by atomic mass is 31.2. The van der Waals surface area contributed by atoms with Gasteiger partial charge in [-0.05, 0) is 6.92 Å². The molecule has 64 valence electrons. The van der Waals surface area contributed by atoms with Crippen LogP contribution in [-0.4, -0.2) is 13.2 Å². The molecule has 0 spiro atoms. The van der Waals surface area contributed by atoms with Crippen molar-refractivity contribution in [1.29, 1.82) is 0 Å². The first-order chi connectivity index (χ1) is 5.18. The molecule has 1 atom stereocenters. The number of rotatable bonds is 6. The highest BCUT2D eigenvalue weighted by Crippen LogP contribution is 2.48. The molecule has 0 rings (SSSR count). The van der Waals surface area contributed by atoms with Crippen LogP contribution in [0.4, 0.5) is 0 Å². The van der Waals surface area contributed by atoms with Crippen molar-refractivity contribution in [3.63, 3.8) is 0 Å². The Morgan fingerprint density at radius 3 is 2.45 bits per heavy atom. The van der Waals surface area contributed by atoms with Gasteiger partial charge in [0.1, 0.15) is 0 Å². The molecule has 0 bridgehead atoms. The zero-order valence-corrected chi connectivity index (χ0v) is 7.55. The molecular weight excluding hydrogens is 163 g/mol. The monoisotopic (exact) mass is 176 g/mol. The van der Waals surface area contributed by atoms with Gasteiger partial charge in [-0.1, -0.05) is 12.7 Å². The van der Waals surface area contributed by atoms with E-state index in [-0.39, 0.29) is 6.61 Å². The molecule has 3 nitrogen and oxygen atoms in total. The van der Waals surface area contributed by atoms with Crippen LogP contribution in [0.5, 0.6) is 0 Å². The summed E-state index contributed by atoms with van der Waals surface area (Å²) in [4.78, 5) is 0. The van der Waals surface area contributed by atoms with Crippen LogP contribution in [0.1, 0.15) is 6.92 Å². The fraction of sp³-hybridized carbons (Fsp3) is 0.429. The van der Waals surface area contributed by atoms with Crippen molar-refractivity contribution in [2.45, 2.75) is 6.92 Å². The van der Waals surface area contributed by atoms with Gasteiger partial charge in [-0.25, -0.2) is 0 Å². The molecule has 0 amide bonds. The molecule has 11 heavy (non-hydrogen) atoms. The van der Waals surface area contributed by atoms with Crippen molar-refractivity contribution in [2.75, 3.05) is 13.2 Å². The van der Waals surface area contributed by atoms with Gasteiger partial charge in [0.2, 0.25) is 0 Å². The molecule has 4 heteroatoms. The Morgan fingerprint density at radius 1 is 1.45 bits per heavy atom. The minimum Gasteiger partial charge on any atom is -0.306 e. The van der Waals surface area contributed by atoms with Gasteiger partial charge < -0.3 is 9.05 Å². The Labute approximate surface area is 67.2 Å². The summed E-state index contributed by atoms with van der Waals surface area (Å²) in [6, 6.07) is 0. The molecule has 1 unspecified atom stereocenters. The average Bonchev–Trinajstić information content (AvgIpc) is 2.02. The van der Waals surface area contributed by atoms with Crippen LogP contribution >= 0.6 is 7.60 Å². The van der Waals surface area contributed by atoms with Crippen molar-refractivity contribution in [3.8, 4) is 0 Å². The molecule has 0 aliphatic carbocycles. The van der Waals surface area contributed by atoms with Gasteiger partial charge in [-0.15, -0.1) is 6.58 Å². The second kappa shape index (κ2) is 5.30. The summed E-state index contributed by atoms with van der Waals surface area (Å²) in [5.41, 5.74) is 0. The van der Waals surface area contributed by atoms with Crippen molar-refractivity contribution in [1.82, 2.24) is 0 Å². The molecule has 0 aromatic heterocycles. The minimum atomic E-state index is -3.02. The summed E-state index contributed by atoms with van der Waals surface area (Å²) in [6.45, 7) is 9.08. The van der Waals surface area contributed by atoms with Crippen molar-refractivity contribution in [3.05, 3.63) is 25.1 Å². The lowest BCUT2D eigenvalue weighted by atomic mass is 10.7.